The maximum Gasteiger partial charge on any atom is 0.322 e. The largest absolute Gasteiger partial charge is 0.465 e. The minimum atomic E-state index is -0.551. The van der Waals surface area contributed by atoms with Crippen LogP contribution in [-0.4, -0.2) is 31.3 Å². The van der Waals surface area contributed by atoms with Crippen LogP contribution in [0.5, 0.6) is 0 Å². The molecule has 1 saturated carbocycles. The van der Waals surface area contributed by atoms with Crippen molar-refractivity contribution in [1.82, 2.24) is 0 Å². The third-order valence-electron chi connectivity index (χ3n) is 3.92. The van der Waals surface area contributed by atoms with Crippen LogP contribution in [0.25, 0.3) is 0 Å². The molecule has 1 rings (SSSR count). The van der Waals surface area contributed by atoms with Gasteiger partial charge in [0, 0.05) is 6.61 Å². The Morgan fingerprint density at radius 1 is 1.33 bits per heavy atom. The Kier molecular flexibility index (Phi) is 6.65. The highest BCUT2D eigenvalue weighted by atomic mass is 16.5. The van der Waals surface area contributed by atoms with Gasteiger partial charge in [0.05, 0.1) is 12.7 Å². The Balaban J connectivity index is 2.16. The molecule has 0 aromatic heterocycles. The molecule has 4 heteroatoms. The molecule has 0 aliphatic heterocycles. The Bertz CT molecular complexity index is 257. The van der Waals surface area contributed by atoms with Crippen LogP contribution in [0.1, 0.15) is 46.5 Å². The average molecular weight is 257 g/mol. The van der Waals surface area contributed by atoms with Gasteiger partial charge in [0.1, 0.15) is 6.04 Å². The van der Waals surface area contributed by atoms with E-state index in [1.807, 2.05) is 0 Å². The molecule has 4 nitrogen and oxygen atoms in total. The number of ether oxygens (including phenoxy) is 2. The van der Waals surface area contributed by atoms with Crippen molar-refractivity contribution in [2.75, 3.05) is 13.2 Å². The van der Waals surface area contributed by atoms with Gasteiger partial charge in [-0.25, -0.2) is 0 Å². The molecule has 0 radical (unpaired) electrons. The minimum Gasteiger partial charge on any atom is -0.465 e. The first-order chi connectivity index (χ1) is 8.54. The second-order valence-corrected chi connectivity index (χ2v) is 5.41. The fourth-order valence-corrected chi connectivity index (χ4v) is 2.38. The molecule has 4 unspecified atom stereocenters. The molecule has 4 atom stereocenters. The second kappa shape index (κ2) is 7.74. The molecular formula is C14H27NO3. The zero-order valence-corrected chi connectivity index (χ0v) is 11.9. The number of hydrogen-bond donors (Lipinski definition) is 1. The van der Waals surface area contributed by atoms with Crippen molar-refractivity contribution in [3.63, 3.8) is 0 Å². The number of carbonyl (C=O) groups is 1. The van der Waals surface area contributed by atoms with Gasteiger partial charge >= 0.3 is 5.97 Å². The van der Waals surface area contributed by atoms with Crippen LogP contribution in [0.2, 0.25) is 0 Å². The number of hydrogen-bond acceptors (Lipinski definition) is 4. The fraction of sp³-hybridized carbons (Fsp3) is 0.929. The Morgan fingerprint density at radius 3 is 2.67 bits per heavy atom. The molecule has 0 aromatic carbocycles. The van der Waals surface area contributed by atoms with Gasteiger partial charge in [-0.1, -0.05) is 13.8 Å². The molecule has 0 heterocycles. The molecule has 1 aliphatic rings. The first kappa shape index (κ1) is 15.4. The number of carbonyl (C=O) groups excluding carboxylic acids is 1. The van der Waals surface area contributed by atoms with Crippen LogP contribution < -0.4 is 5.73 Å². The van der Waals surface area contributed by atoms with Gasteiger partial charge in [-0.05, 0) is 44.4 Å². The lowest BCUT2D eigenvalue weighted by Gasteiger charge is -2.32. The second-order valence-electron chi connectivity index (χ2n) is 5.41. The maximum absolute atomic E-state index is 11.3. The first-order valence-electron chi connectivity index (χ1n) is 7.08. The van der Waals surface area contributed by atoms with E-state index in [0.29, 0.717) is 25.7 Å². The summed E-state index contributed by atoms with van der Waals surface area (Å²) in [6.45, 7) is 7.30. The standard InChI is InChI=1S/C14H27NO3/c1-4-17-14(16)13(15)7-8-18-12-6-5-10(2)11(3)9-12/h10-13H,4-9,15H2,1-3H3. The fourth-order valence-electron chi connectivity index (χ4n) is 2.38. The minimum absolute atomic E-state index is 0.327. The monoisotopic (exact) mass is 257 g/mol. The van der Waals surface area contributed by atoms with E-state index < -0.39 is 6.04 Å². The summed E-state index contributed by atoms with van der Waals surface area (Å²) in [5.74, 6) is 1.20. The maximum atomic E-state index is 11.3. The molecule has 106 valence electrons. The lowest BCUT2D eigenvalue weighted by molar-refractivity contribution is -0.145. The molecular weight excluding hydrogens is 230 g/mol. The predicted octanol–water partition coefficient (Wildman–Crippen LogP) is 2.11. The zero-order valence-electron chi connectivity index (χ0n) is 11.9. The highest BCUT2D eigenvalue weighted by Gasteiger charge is 2.25. The molecule has 0 aromatic rings. The summed E-state index contributed by atoms with van der Waals surface area (Å²) in [7, 11) is 0. The summed E-state index contributed by atoms with van der Waals surface area (Å²) in [6.07, 6.45) is 4.36. The highest BCUT2D eigenvalue weighted by molar-refractivity contribution is 5.75. The summed E-state index contributed by atoms with van der Waals surface area (Å²) in [5, 5.41) is 0. The third-order valence-corrected chi connectivity index (χ3v) is 3.92. The Morgan fingerprint density at radius 2 is 2.06 bits per heavy atom. The van der Waals surface area contributed by atoms with E-state index >= 15 is 0 Å². The van der Waals surface area contributed by atoms with Gasteiger partial charge in [-0.3, -0.25) is 4.79 Å². The topological polar surface area (TPSA) is 61.5 Å². The summed E-state index contributed by atoms with van der Waals surface area (Å²) in [4.78, 5) is 11.3. The molecule has 1 aliphatic carbocycles. The van der Waals surface area contributed by atoms with Crippen LogP contribution >= 0.6 is 0 Å². The van der Waals surface area contributed by atoms with Gasteiger partial charge in [0.15, 0.2) is 0 Å². The van der Waals surface area contributed by atoms with E-state index in [4.69, 9.17) is 15.2 Å². The number of nitrogens with two attached hydrogens (primary N) is 1. The number of rotatable bonds is 6. The normalized spacial score (nSPS) is 29.9. The van der Waals surface area contributed by atoms with E-state index in [2.05, 4.69) is 13.8 Å². The Hall–Kier alpha value is -0.610. The van der Waals surface area contributed by atoms with Gasteiger partial charge < -0.3 is 15.2 Å². The molecule has 0 amide bonds. The van der Waals surface area contributed by atoms with E-state index in [1.165, 1.54) is 6.42 Å². The molecule has 0 spiro atoms. The highest BCUT2D eigenvalue weighted by Crippen LogP contribution is 2.30. The summed E-state index contributed by atoms with van der Waals surface area (Å²) < 4.78 is 10.7. The first-order valence-corrected chi connectivity index (χ1v) is 7.08. The zero-order chi connectivity index (χ0) is 13.5. The lowest BCUT2D eigenvalue weighted by Crippen LogP contribution is -2.34. The average Bonchev–Trinajstić information content (AvgIpc) is 2.34. The van der Waals surface area contributed by atoms with Gasteiger partial charge in [-0.15, -0.1) is 0 Å². The molecule has 18 heavy (non-hydrogen) atoms. The molecule has 0 bridgehead atoms. The van der Waals surface area contributed by atoms with Gasteiger partial charge in [-0.2, -0.15) is 0 Å². The molecule has 0 saturated heterocycles. The van der Waals surface area contributed by atoms with Crippen molar-refractivity contribution in [1.29, 1.82) is 0 Å². The van der Waals surface area contributed by atoms with Crippen molar-refractivity contribution in [2.24, 2.45) is 17.6 Å². The van der Waals surface area contributed by atoms with Crippen molar-refractivity contribution >= 4 is 5.97 Å². The summed E-state index contributed by atoms with van der Waals surface area (Å²) in [6, 6.07) is -0.551. The van der Waals surface area contributed by atoms with Crippen molar-refractivity contribution < 1.29 is 14.3 Å². The smallest absolute Gasteiger partial charge is 0.322 e. The third kappa shape index (κ3) is 4.94. The SMILES string of the molecule is CCOC(=O)C(N)CCOC1CCC(C)C(C)C1. The molecule has 1 fully saturated rings. The predicted molar refractivity (Wildman–Crippen MR) is 71.1 cm³/mol. The van der Waals surface area contributed by atoms with Crippen LogP contribution in [-0.2, 0) is 14.3 Å². The Labute approximate surface area is 110 Å². The molecule has 2 N–H and O–H groups in total. The van der Waals surface area contributed by atoms with Crippen LogP contribution in [0.3, 0.4) is 0 Å². The van der Waals surface area contributed by atoms with Crippen LogP contribution in [0.4, 0.5) is 0 Å². The van der Waals surface area contributed by atoms with E-state index in [1.54, 1.807) is 6.92 Å². The quantitative estimate of drug-likeness (QED) is 0.740. The van der Waals surface area contributed by atoms with Crippen molar-refractivity contribution in [3.05, 3.63) is 0 Å². The number of esters is 1. The summed E-state index contributed by atoms with van der Waals surface area (Å²) >= 11 is 0. The van der Waals surface area contributed by atoms with Gasteiger partial charge in [0.25, 0.3) is 0 Å². The lowest BCUT2D eigenvalue weighted by atomic mass is 9.80. The van der Waals surface area contributed by atoms with E-state index in [-0.39, 0.29) is 5.97 Å². The van der Waals surface area contributed by atoms with Crippen LogP contribution in [0, 0.1) is 11.8 Å². The van der Waals surface area contributed by atoms with Crippen molar-refractivity contribution in [2.45, 2.75) is 58.6 Å². The van der Waals surface area contributed by atoms with Crippen molar-refractivity contribution in [3.8, 4) is 0 Å². The van der Waals surface area contributed by atoms with E-state index in [9.17, 15) is 4.79 Å². The van der Waals surface area contributed by atoms with Gasteiger partial charge in [0.2, 0.25) is 0 Å². The van der Waals surface area contributed by atoms with Crippen LogP contribution in [0.15, 0.2) is 0 Å². The summed E-state index contributed by atoms with van der Waals surface area (Å²) in [5.41, 5.74) is 5.71. The van der Waals surface area contributed by atoms with E-state index in [0.717, 1.165) is 24.7 Å².